The number of benzene rings is 1. The van der Waals surface area contributed by atoms with E-state index < -0.39 is 54.0 Å². The van der Waals surface area contributed by atoms with Crippen LogP contribution in [0.3, 0.4) is 0 Å². The Kier molecular flexibility index (Phi) is 12.5. The summed E-state index contributed by atoms with van der Waals surface area (Å²) in [6.45, 7) is 1.45. The number of aromatic amines is 1. The maximum absolute atomic E-state index is 13.4. The lowest BCUT2D eigenvalue weighted by Crippen LogP contribution is -2.58. The fourth-order valence-corrected chi connectivity index (χ4v) is 3.70. The van der Waals surface area contributed by atoms with Crippen LogP contribution in [0.4, 0.5) is 0 Å². The lowest BCUT2D eigenvalue weighted by atomic mass is 10.0. The number of H-pyrrole nitrogens is 1. The Morgan fingerprint density at radius 3 is 2.15 bits per heavy atom. The van der Waals surface area contributed by atoms with Crippen LogP contribution in [-0.2, 0) is 32.0 Å². The molecule has 13 N–H and O–H groups in total. The normalized spacial score (nSPS) is 14.5. The van der Waals surface area contributed by atoms with Crippen molar-refractivity contribution in [2.24, 2.45) is 22.2 Å². The summed E-state index contributed by atoms with van der Waals surface area (Å²) in [6, 6.07) is 0.749. The van der Waals surface area contributed by atoms with Gasteiger partial charge in [0.25, 0.3) is 0 Å². The van der Waals surface area contributed by atoms with Gasteiger partial charge >= 0.3 is 5.97 Å². The van der Waals surface area contributed by atoms with Crippen molar-refractivity contribution < 1.29 is 34.5 Å². The number of carbonyl (C=O) groups excluding carboxylic acids is 3. The molecule has 0 fully saturated rings. The molecule has 1 aromatic heterocycles. The number of aliphatic hydroxyl groups excluding tert-OH is 1. The van der Waals surface area contributed by atoms with Crippen molar-refractivity contribution >= 4 is 29.7 Å². The maximum Gasteiger partial charge on any atom is 0.326 e. The molecule has 0 radical (unpaired) electrons. The summed E-state index contributed by atoms with van der Waals surface area (Å²) < 4.78 is 0. The molecular formula is C25H37N9O7. The molecule has 0 saturated carbocycles. The fraction of sp³-hybridized carbons (Fsp3) is 0.440. The molecule has 0 saturated heterocycles. The number of imidazole rings is 1. The number of aliphatic carboxylic acids is 1. The topological polar surface area (TPSA) is 284 Å². The number of phenols is 1. The van der Waals surface area contributed by atoms with E-state index in [0.29, 0.717) is 11.3 Å². The van der Waals surface area contributed by atoms with Gasteiger partial charge in [0.05, 0.1) is 12.4 Å². The number of hydrogen-bond acceptors (Lipinski definition) is 9. The van der Waals surface area contributed by atoms with E-state index in [9.17, 15) is 34.5 Å². The first-order valence-corrected chi connectivity index (χ1v) is 12.8. The van der Waals surface area contributed by atoms with Gasteiger partial charge in [-0.2, -0.15) is 0 Å². The van der Waals surface area contributed by atoms with Crippen LogP contribution < -0.4 is 33.2 Å². The van der Waals surface area contributed by atoms with Gasteiger partial charge in [0, 0.05) is 31.3 Å². The SMILES string of the molecule is CC(O)C(N)C(=O)NC(Cc1ccc(O)cc1)C(=O)NC(CCCN=C(N)N)C(=O)NC(Cc1cnc[nH]1)C(=O)O. The molecule has 2 aromatic rings. The number of carboxylic acid groups (broad SMARTS) is 1. The standard InChI is InChI=1S/C25H37N9O7/c1-13(35)20(26)23(39)33-18(9-14-4-6-16(36)7-5-14)22(38)32-17(3-2-8-30-25(27)28)21(37)34-19(24(40)41)10-15-11-29-12-31-15/h4-7,11-13,17-20,35-36H,2-3,8-10,26H2,1H3,(H,29,31)(H,32,38)(H,33,39)(H,34,37)(H,40,41)(H4,27,28,30). The van der Waals surface area contributed by atoms with Gasteiger partial charge in [0.1, 0.15) is 29.9 Å². The van der Waals surface area contributed by atoms with Gasteiger partial charge in [-0.1, -0.05) is 12.1 Å². The molecule has 16 heteroatoms. The lowest BCUT2D eigenvalue weighted by molar-refractivity contribution is -0.142. The minimum atomic E-state index is -1.34. The molecule has 16 nitrogen and oxygen atoms in total. The molecule has 0 aliphatic rings. The van der Waals surface area contributed by atoms with Crippen molar-refractivity contribution in [3.63, 3.8) is 0 Å². The van der Waals surface area contributed by atoms with Crippen molar-refractivity contribution in [3.05, 3.63) is 48.0 Å². The van der Waals surface area contributed by atoms with Crippen molar-refractivity contribution in [1.29, 1.82) is 0 Å². The van der Waals surface area contributed by atoms with Gasteiger partial charge in [-0.3, -0.25) is 19.4 Å². The second kappa shape index (κ2) is 15.8. The molecule has 41 heavy (non-hydrogen) atoms. The van der Waals surface area contributed by atoms with Crippen molar-refractivity contribution in [2.75, 3.05) is 6.54 Å². The van der Waals surface area contributed by atoms with Gasteiger partial charge < -0.3 is 53.5 Å². The molecule has 5 atom stereocenters. The predicted molar refractivity (Wildman–Crippen MR) is 147 cm³/mol. The highest BCUT2D eigenvalue weighted by Gasteiger charge is 2.31. The van der Waals surface area contributed by atoms with Gasteiger partial charge in [-0.25, -0.2) is 9.78 Å². The van der Waals surface area contributed by atoms with Crippen molar-refractivity contribution in [3.8, 4) is 5.75 Å². The second-order valence-electron chi connectivity index (χ2n) is 9.39. The summed E-state index contributed by atoms with van der Waals surface area (Å²) >= 11 is 0. The molecular weight excluding hydrogens is 538 g/mol. The van der Waals surface area contributed by atoms with Gasteiger partial charge in [-0.05, 0) is 37.5 Å². The molecule has 5 unspecified atom stereocenters. The first kappa shape index (κ1) is 32.5. The average Bonchev–Trinajstić information content (AvgIpc) is 3.43. The largest absolute Gasteiger partial charge is 0.508 e. The Morgan fingerprint density at radius 2 is 1.59 bits per heavy atom. The van der Waals surface area contributed by atoms with E-state index in [-0.39, 0.29) is 43.9 Å². The molecule has 0 aliphatic heterocycles. The van der Waals surface area contributed by atoms with Crippen LogP contribution in [0.5, 0.6) is 5.75 Å². The number of nitrogens with one attached hydrogen (secondary N) is 4. The zero-order valence-corrected chi connectivity index (χ0v) is 22.5. The summed E-state index contributed by atoms with van der Waals surface area (Å²) in [6.07, 6.45) is 1.72. The minimum Gasteiger partial charge on any atom is -0.508 e. The number of carbonyl (C=O) groups is 4. The molecule has 3 amide bonds. The number of rotatable bonds is 16. The van der Waals surface area contributed by atoms with E-state index in [4.69, 9.17) is 17.2 Å². The van der Waals surface area contributed by atoms with Crippen LogP contribution in [0.15, 0.2) is 41.8 Å². The number of nitrogens with zero attached hydrogens (tertiary/aromatic N) is 2. The van der Waals surface area contributed by atoms with Crippen LogP contribution in [0.2, 0.25) is 0 Å². The summed E-state index contributed by atoms with van der Waals surface area (Å²) in [4.78, 5) is 61.5. The number of phenolic OH excluding ortho intramolecular Hbond substituents is 1. The predicted octanol–water partition coefficient (Wildman–Crippen LogP) is -2.80. The van der Waals surface area contributed by atoms with E-state index in [1.54, 1.807) is 12.1 Å². The van der Waals surface area contributed by atoms with E-state index in [1.807, 2.05) is 0 Å². The number of aromatic hydroxyl groups is 1. The molecule has 2 rings (SSSR count). The van der Waals surface area contributed by atoms with E-state index >= 15 is 0 Å². The number of amides is 3. The highest BCUT2D eigenvalue weighted by molar-refractivity contribution is 5.94. The summed E-state index contributed by atoms with van der Waals surface area (Å²) in [5.41, 5.74) is 17.5. The number of nitrogens with two attached hydrogens (primary N) is 3. The quantitative estimate of drug-likeness (QED) is 0.0554. The summed E-state index contributed by atoms with van der Waals surface area (Å²) in [5, 5.41) is 36.4. The smallest absolute Gasteiger partial charge is 0.326 e. The third-order valence-electron chi connectivity index (χ3n) is 6.00. The molecule has 1 aromatic carbocycles. The second-order valence-corrected chi connectivity index (χ2v) is 9.39. The zero-order chi connectivity index (χ0) is 30.5. The van der Waals surface area contributed by atoms with Gasteiger partial charge in [-0.15, -0.1) is 0 Å². The molecule has 0 aliphatic carbocycles. The van der Waals surface area contributed by atoms with Crippen molar-refractivity contribution in [2.45, 2.75) is 62.9 Å². The fourth-order valence-electron chi connectivity index (χ4n) is 3.70. The van der Waals surface area contributed by atoms with Crippen LogP contribution in [0.1, 0.15) is 31.0 Å². The third kappa shape index (κ3) is 11.1. The Balaban J connectivity index is 2.26. The van der Waals surface area contributed by atoms with Gasteiger partial charge in [0.15, 0.2) is 5.96 Å². The van der Waals surface area contributed by atoms with Gasteiger partial charge in [0.2, 0.25) is 17.7 Å². The third-order valence-corrected chi connectivity index (χ3v) is 6.00. The number of guanidine groups is 1. The monoisotopic (exact) mass is 575 g/mol. The minimum absolute atomic E-state index is 0.00413. The number of aliphatic imine (C=N–C) groups is 1. The molecule has 0 bridgehead atoms. The van der Waals surface area contributed by atoms with E-state index in [2.05, 4.69) is 30.9 Å². The van der Waals surface area contributed by atoms with Crippen LogP contribution >= 0.6 is 0 Å². The Bertz CT molecular complexity index is 1180. The first-order chi connectivity index (χ1) is 19.4. The highest BCUT2D eigenvalue weighted by Crippen LogP contribution is 2.12. The number of carboxylic acids is 1. The molecule has 1 heterocycles. The summed E-state index contributed by atoms with van der Waals surface area (Å²) in [7, 11) is 0. The van der Waals surface area contributed by atoms with Crippen LogP contribution in [0, 0.1) is 0 Å². The van der Waals surface area contributed by atoms with Crippen molar-refractivity contribution in [1.82, 2.24) is 25.9 Å². The number of aromatic nitrogens is 2. The Hall–Kier alpha value is -4.70. The molecule has 0 spiro atoms. The first-order valence-electron chi connectivity index (χ1n) is 12.8. The van der Waals surface area contributed by atoms with Crippen LogP contribution in [0.25, 0.3) is 0 Å². The highest BCUT2D eigenvalue weighted by atomic mass is 16.4. The number of aliphatic hydroxyl groups is 1. The maximum atomic E-state index is 13.4. The van der Waals surface area contributed by atoms with Crippen LogP contribution in [-0.4, -0.2) is 91.8 Å². The molecule has 224 valence electrons. The lowest BCUT2D eigenvalue weighted by Gasteiger charge is -2.25. The zero-order valence-electron chi connectivity index (χ0n) is 22.5. The van der Waals surface area contributed by atoms with E-state index in [1.165, 1.54) is 31.6 Å². The Morgan fingerprint density at radius 1 is 0.976 bits per heavy atom. The Labute approximate surface area is 235 Å². The number of hydrogen-bond donors (Lipinski definition) is 10. The summed E-state index contributed by atoms with van der Waals surface area (Å²) in [5.74, 6) is -3.83. The van der Waals surface area contributed by atoms with E-state index in [0.717, 1.165) is 0 Å². The average molecular weight is 576 g/mol.